The predicted octanol–water partition coefficient (Wildman–Crippen LogP) is 1.46. The van der Waals surface area contributed by atoms with Crippen LogP contribution in [0.5, 0.6) is 11.5 Å². The molecule has 2 unspecified atom stereocenters. The number of benzene rings is 1. The summed E-state index contributed by atoms with van der Waals surface area (Å²) in [6.07, 6.45) is 0. The molecule has 0 saturated carbocycles. The SMILES string of the molecule is CC1CN(C2COc3cc(O)ccc32)CCN1C. The molecule has 0 amide bonds. The van der Waals surface area contributed by atoms with Gasteiger partial charge in [0.25, 0.3) is 0 Å². The van der Waals surface area contributed by atoms with Gasteiger partial charge in [-0.1, -0.05) is 0 Å². The average molecular weight is 248 g/mol. The van der Waals surface area contributed by atoms with Crippen molar-refractivity contribution in [1.29, 1.82) is 0 Å². The second-order valence-electron chi connectivity index (χ2n) is 5.37. The summed E-state index contributed by atoms with van der Waals surface area (Å²) in [5.41, 5.74) is 1.21. The first-order valence-corrected chi connectivity index (χ1v) is 6.55. The van der Waals surface area contributed by atoms with Crippen molar-refractivity contribution < 1.29 is 9.84 Å². The van der Waals surface area contributed by atoms with E-state index < -0.39 is 0 Å². The molecule has 1 N–H and O–H groups in total. The van der Waals surface area contributed by atoms with Gasteiger partial charge in [-0.3, -0.25) is 4.90 Å². The number of likely N-dealkylation sites (N-methyl/N-ethyl adjacent to an activating group) is 1. The van der Waals surface area contributed by atoms with Crippen molar-refractivity contribution >= 4 is 0 Å². The highest BCUT2D eigenvalue weighted by Crippen LogP contribution is 2.38. The topological polar surface area (TPSA) is 35.9 Å². The van der Waals surface area contributed by atoms with Crippen LogP contribution in [0.15, 0.2) is 18.2 Å². The molecule has 0 spiro atoms. The molecule has 0 aromatic heterocycles. The molecule has 1 fully saturated rings. The monoisotopic (exact) mass is 248 g/mol. The number of rotatable bonds is 1. The van der Waals surface area contributed by atoms with Gasteiger partial charge < -0.3 is 14.7 Å². The van der Waals surface area contributed by atoms with Crippen molar-refractivity contribution in [3.63, 3.8) is 0 Å². The van der Waals surface area contributed by atoms with E-state index in [4.69, 9.17) is 4.74 Å². The van der Waals surface area contributed by atoms with E-state index in [0.717, 1.165) is 25.4 Å². The van der Waals surface area contributed by atoms with Gasteiger partial charge in [0.1, 0.15) is 18.1 Å². The molecular weight excluding hydrogens is 228 g/mol. The zero-order chi connectivity index (χ0) is 12.7. The number of aromatic hydroxyl groups is 1. The van der Waals surface area contributed by atoms with Crippen LogP contribution in [-0.2, 0) is 0 Å². The minimum atomic E-state index is 0.279. The van der Waals surface area contributed by atoms with E-state index in [1.807, 2.05) is 6.07 Å². The number of phenols is 1. The van der Waals surface area contributed by atoms with Crippen molar-refractivity contribution in [2.75, 3.05) is 33.3 Å². The molecular formula is C14H20N2O2. The summed E-state index contributed by atoms with van der Waals surface area (Å²) in [5.74, 6) is 1.12. The third kappa shape index (κ3) is 1.95. The predicted molar refractivity (Wildman–Crippen MR) is 70.0 cm³/mol. The van der Waals surface area contributed by atoms with Crippen LogP contribution in [0.4, 0.5) is 0 Å². The molecule has 3 rings (SSSR count). The number of piperazine rings is 1. The standard InChI is InChI=1S/C14H20N2O2/c1-10-8-16(6-5-15(10)2)13-9-18-14-7-11(17)3-4-12(13)14/h3-4,7,10,13,17H,5-6,8-9H2,1-2H3. The summed E-state index contributed by atoms with van der Waals surface area (Å²) < 4.78 is 5.69. The molecule has 1 saturated heterocycles. The molecule has 2 aliphatic heterocycles. The third-order valence-corrected chi connectivity index (χ3v) is 4.18. The van der Waals surface area contributed by atoms with E-state index >= 15 is 0 Å². The Kier molecular flexibility index (Phi) is 2.92. The van der Waals surface area contributed by atoms with Gasteiger partial charge in [0, 0.05) is 37.3 Å². The normalized spacial score (nSPS) is 29.0. The van der Waals surface area contributed by atoms with Gasteiger partial charge in [-0.15, -0.1) is 0 Å². The summed E-state index contributed by atoms with van der Waals surface area (Å²) >= 11 is 0. The minimum absolute atomic E-state index is 0.279. The van der Waals surface area contributed by atoms with Gasteiger partial charge in [-0.2, -0.15) is 0 Å². The lowest BCUT2D eigenvalue weighted by atomic mass is 10.0. The van der Waals surface area contributed by atoms with E-state index in [1.54, 1.807) is 12.1 Å². The summed E-state index contributed by atoms with van der Waals surface area (Å²) in [7, 11) is 2.18. The fourth-order valence-corrected chi connectivity index (χ4v) is 2.84. The largest absolute Gasteiger partial charge is 0.508 e. The van der Waals surface area contributed by atoms with Crippen LogP contribution in [0.2, 0.25) is 0 Å². The van der Waals surface area contributed by atoms with Gasteiger partial charge in [0.15, 0.2) is 0 Å². The van der Waals surface area contributed by atoms with Crippen LogP contribution >= 0.6 is 0 Å². The van der Waals surface area contributed by atoms with Crippen LogP contribution in [0.25, 0.3) is 0 Å². The zero-order valence-electron chi connectivity index (χ0n) is 11.0. The number of hydrogen-bond acceptors (Lipinski definition) is 4. The van der Waals surface area contributed by atoms with Crippen LogP contribution in [-0.4, -0.2) is 54.2 Å². The highest BCUT2D eigenvalue weighted by atomic mass is 16.5. The van der Waals surface area contributed by atoms with Crippen molar-refractivity contribution in [2.45, 2.75) is 19.0 Å². The Morgan fingerprint density at radius 1 is 1.33 bits per heavy atom. The molecule has 2 aliphatic rings. The fraction of sp³-hybridized carbons (Fsp3) is 0.571. The van der Waals surface area contributed by atoms with E-state index in [9.17, 15) is 5.11 Å². The quantitative estimate of drug-likeness (QED) is 0.816. The molecule has 1 aromatic carbocycles. The Labute approximate surface area is 108 Å². The lowest BCUT2D eigenvalue weighted by molar-refractivity contribution is 0.0630. The zero-order valence-corrected chi connectivity index (χ0v) is 11.0. The molecule has 0 bridgehead atoms. The second kappa shape index (κ2) is 4.44. The maximum absolute atomic E-state index is 9.47. The Bertz CT molecular complexity index is 449. The molecule has 4 nitrogen and oxygen atoms in total. The van der Waals surface area contributed by atoms with E-state index in [0.29, 0.717) is 18.7 Å². The molecule has 1 aromatic rings. The second-order valence-corrected chi connectivity index (χ2v) is 5.37. The summed E-state index contributed by atoms with van der Waals surface area (Å²) in [6, 6.07) is 6.39. The van der Waals surface area contributed by atoms with Gasteiger partial charge in [-0.25, -0.2) is 0 Å². The fourth-order valence-electron chi connectivity index (χ4n) is 2.84. The highest BCUT2D eigenvalue weighted by Gasteiger charge is 2.33. The van der Waals surface area contributed by atoms with Crippen molar-refractivity contribution in [2.24, 2.45) is 0 Å². The first kappa shape index (κ1) is 11.8. The average Bonchev–Trinajstić information content (AvgIpc) is 2.75. The number of hydrogen-bond donors (Lipinski definition) is 1. The summed E-state index contributed by atoms with van der Waals surface area (Å²) in [6.45, 7) is 6.22. The highest BCUT2D eigenvalue weighted by molar-refractivity contribution is 5.44. The maximum Gasteiger partial charge on any atom is 0.127 e. The van der Waals surface area contributed by atoms with Crippen molar-refractivity contribution in [3.8, 4) is 11.5 Å². The van der Waals surface area contributed by atoms with Gasteiger partial charge >= 0.3 is 0 Å². The maximum atomic E-state index is 9.47. The van der Waals surface area contributed by atoms with E-state index in [2.05, 4.69) is 23.8 Å². The number of fused-ring (bicyclic) bond motifs is 1. The lowest BCUT2D eigenvalue weighted by Crippen LogP contribution is -2.51. The molecule has 0 radical (unpaired) electrons. The van der Waals surface area contributed by atoms with E-state index in [1.165, 1.54) is 5.56 Å². The smallest absolute Gasteiger partial charge is 0.127 e. The molecule has 0 aliphatic carbocycles. The first-order chi connectivity index (χ1) is 8.65. The first-order valence-electron chi connectivity index (χ1n) is 6.55. The number of ether oxygens (including phenoxy) is 1. The van der Waals surface area contributed by atoms with Gasteiger partial charge in [-0.05, 0) is 26.1 Å². The van der Waals surface area contributed by atoms with E-state index in [-0.39, 0.29) is 5.75 Å². The van der Waals surface area contributed by atoms with Crippen LogP contribution in [0.3, 0.4) is 0 Å². The molecule has 18 heavy (non-hydrogen) atoms. The number of phenolic OH excluding ortho intramolecular Hbond substituents is 1. The molecule has 98 valence electrons. The lowest BCUT2D eigenvalue weighted by Gasteiger charge is -2.40. The Balaban J connectivity index is 1.80. The van der Waals surface area contributed by atoms with Crippen molar-refractivity contribution in [1.82, 2.24) is 9.80 Å². The van der Waals surface area contributed by atoms with Crippen LogP contribution < -0.4 is 4.74 Å². The van der Waals surface area contributed by atoms with Crippen molar-refractivity contribution in [3.05, 3.63) is 23.8 Å². The summed E-state index contributed by atoms with van der Waals surface area (Å²) in [4.78, 5) is 4.89. The van der Waals surface area contributed by atoms with Crippen LogP contribution in [0, 0.1) is 0 Å². The van der Waals surface area contributed by atoms with Gasteiger partial charge in [0.2, 0.25) is 0 Å². The van der Waals surface area contributed by atoms with Crippen LogP contribution in [0.1, 0.15) is 18.5 Å². The number of nitrogens with zero attached hydrogens (tertiary/aromatic N) is 2. The molecule has 4 heteroatoms. The Morgan fingerprint density at radius 3 is 2.94 bits per heavy atom. The van der Waals surface area contributed by atoms with Gasteiger partial charge in [0.05, 0.1) is 6.04 Å². The third-order valence-electron chi connectivity index (χ3n) is 4.18. The molecule has 2 atom stereocenters. The molecule has 2 heterocycles. The Morgan fingerprint density at radius 2 is 2.17 bits per heavy atom. The minimum Gasteiger partial charge on any atom is -0.508 e. The summed E-state index contributed by atoms with van der Waals surface area (Å²) in [5, 5.41) is 9.47. The Hall–Kier alpha value is -1.26.